The second-order valence-corrected chi connectivity index (χ2v) is 8.88. The molecular weight excluding hydrogens is 474 g/mol. The number of nitrogens with two attached hydrogens (primary N) is 1. The van der Waals surface area contributed by atoms with Gasteiger partial charge in [-0.1, -0.05) is 17.7 Å². The second-order valence-electron chi connectivity index (χ2n) is 8.29. The van der Waals surface area contributed by atoms with Gasteiger partial charge in [0.1, 0.15) is 5.75 Å². The maximum absolute atomic E-state index is 11.1. The number of aromatic nitrogens is 1. The summed E-state index contributed by atoms with van der Waals surface area (Å²) in [7, 11) is 1.61. The molecular formula is C24H28ClN5O3S. The van der Waals surface area contributed by atoms with Gasteiger partial charge in [0.05, 0.1) is 47.8 Å². The number of morpholine rings is 1. The summed E-state index contributed by atoms with van der Waals surface area (Å²) in [5, 5.41) is 15.8. The van der Waals surface area contributed by atoms with E-state index in [1.807, 2.05) is 36.4 Å². The number of hydrogen-bond donors (Lipinski definition) is 3. The lowest BCUT2D eigenvalue weighted by Gasteiger charge is -2.34. The third-order valence-electron chi connectivity index (χ3n) is 5.95. The summed E-state index contributed by atoms with van der Waals surface area (Å²) in [6.45, 7) is 3.81. The topological polar surface area (TPSA) is 105 Å². The van der Waals surface area contributed by atoms with Crippen molar-refractivity contribution >= 4 is 46.3 Å². The van der Waals surface area contributed by atoms with Crippen LogP contribution < -0.4 is 15.8 Å². The van der Waals surface area contributed by atoms with Gasteiger partial charge in [0.15, 0.2) is 0 Å². The van der Waals surface area contributed by atoms with E-state index in [4.69, 9.17) is 39.2 Å². The van der Waals surface area contributed by atoms with Crippen molar-refractivity contribution in [2.24, 2.45) is 4.36 Å². The number of fused-ring (bicyclic) bond motifs is 1. The Hall–Kier alpha value is -2.40. The number of benzene rings is 2. The molecule has 4 N–H and O–H groups in total. The molecule has 2 unspecified atom stereocenters. The summed E-state index contributed by atoms with van der Waals surface area (Å²) < 4.78 is 15.0. The minimum Gasteiger partial charge on any atom is -0.497 e. The number of pyridine rings is 1. The molecule has 1 aromatic heterocycles. The summed E-state index contributed by atoms with van der Waals surface area (Å²) in [5.41, 5.74) is 9.63. The van der Waals surface area contributed by atoms with E-state index in [-0.39, 0.29) is 6.10 Å². The zero-order valence-electron chi connectivity index (χ0n) is 18.9. The van der Waals surface area contributed by atoms with Crippen LogP contribution in [0.2, 0.25) is 5.02 Å². The predicted octanol–water partition coefficient (Wildman–Crippen LogP) is 3.37. The molecule has 0 radical (unpaired) electrons. The summed E-state index contributed by atoms with van der Waals surface area (Å²) >= 11 is 11.2. The van der Waals surface area contributed by atoms with Crippen LogP contribution in [0.4, 0.5) is 11.4 Å². The molecule has 10 heteroatoms. The average Bonchev–Trinajstić information content (AvgIpc) is 2.84. The summed E-state index contributed by atoms with van der Waals surface area (Å²) in [4.78, 5) is 6.57. The Kier molecular flexibility index (Phi) is 8.25. The standard InChI is InChI=1S/C24H28ClN5O3S/c1-32-16-3-5-21-18(9-16)24(19(25)12-28-21)23(31)14-30-6-7-33-17(13-30)11-27-10-15-2-4-22(29-34)20(26)8-15/h2-5,8-9,12,17,23,27,31H,6-7,10-11,13-14,26H2,1H3. The van der Waals surface area contributed by atoms with E-state index in [0.717, 1.165) is 23.0 Å². The lowest BCUT2D eigenvalue weighted by atomic mass is 10.0. The molecule has 2 aromatic carbocycles. The number of anilines is 1. The normalized spacial score (nSPS) is 17.6. The SMILES string of the molecule is COc1ccc2ncc(Cl)c(C(O)CN3CCOC(CNCc4ccc(N=S)c(N)c4)C3)c2c1. The zero-order chi connectivity index (χ0) is 24.1. The molecule has 1 aliphatic rings. The third kappa shape index (κ3) is 5.80. The summed E-state index contributed by atoms with van der Waals surface area (Å²) in [6, 6.07) is 11.2. The molecule has 0 amide bonds. The van der Waals surface area contributed by atoms with Gasteiger partial charge < -0.3 is 25.6 Å². The molecule has 2 atom stereocenters. The van der Waals surface area contributed by atoms with Crippen molar-refractivity contribution in [1.82, 2.24) is 15.2 Å². The minimum absolute atomic E-state index is 0.00459. The van der Waals surface area contributed by atoms with E-state index in [9.17, 15) is 5.11 Å². The van der Waals surface area contributed by atoms with Gasteiger partial charge in [-0.2, -0.15) is 4.36 Å². The highest BCUT2D eigenvalue weighted by Gasteiger charge is 2.25. The quantitative estimate of drug-likeness (QED) is 0.383. The first-order chi connectivity index (χ1) is 16.5. The fourth-order valence-corrected chi connectivity index (χ4v) is 4.66. The van der Waals surface area contributed by atoms with Gasteiger partial charge in [0, 0.05) is 62.3 Å². The number of halogens is 1. The van der Waals surface area contributed by atoms with Crippen LogP contribution in [0.5, 0.6) is 5.75 Å². The van der Waals surface area contributed by atoms with Crippen LogP contribution >= 0.6 is 11.6 Å². The maximum Gasteiger partial charge on any atom is 0.119 e. The number of rotatable bonds is 9. The van der Waals surface area contributed by atoms with Crippen LogP contribution in [0.1, 0.15) is 17.2 Å². The van der Waals surface area contributed by atoms with E-state index >= 15 is 0 Å². The Balaban J connectivity index is 1.36. The van der Waals surface area contributed by atoms with Crippen molar-refractivity contribution in [3.8, 4) is 5.75 Å². The van der Waals surface area contributed by atoms with Gasteiger partial charge in [-0.3, -0.25) is 9.88 Å². The first-order valence-electron chi connectivity index (χ1n) is 11.0. The number of aliphatic hydroxyl groups excluding tert-OH is 1. The van der Waals surface area contributed by atoms with Gasteiger partial charge in [-0.05, 0) is 35.9 Å². The maximum atomic E-state index is 11.1. The highest BCUT2D eigenvalue weighted by atomic mass is 35.5. The van der Waals surface area contributed by atoms with Crippen LogP contribution in [0.15, 0.2) is 47.0 Å². The van der Waals surface area contributed by atoms with Gasteiger partial charge >= 0.3 is 0 Å². The van der Waals surface area contributed by atoms with Gasteiger partial charge in [-0.15, -0.1) is 0 Å². The zero-order valence-corrected chi connectivity index (χ0v) is 20.5. The molecule has 0 aliphatic carbocycles. The van der Waals surface area contributed by atoms with Crippen molar-refractivity contribution in [3.63, 3.8) is 0 Å². The molecule has 4 rings (SSSR count). The number of nitrogens with one attached hydrogen (secondary N) is 1. The van der Waals surface area contributed by atoms with E-state index in [1.165, 1.54) is 0 Å². The number of nitrogen functional groups attached to an aromatic ring is 1. The largest absolute Gasteiger partial charge is 0.497 e. The number of hydrogen-bond acceptors (Lipinski definition) is 9. The minimum atomic E-state index is -0.770. The smallest absolute Gasteiger partial charge is 0.119 e. The Morgan fingerprint density at radius 2 is 2.24 bits per heavy atom. The van der Waals surface area contributed by atoms with Crippen LogP contribution in [0, 0.1) is 0 Å². The third-order valence-corrected chi connectivity index (χ3v) is 6.44. The first kappa shape index (κ1) is 24.7. The Morgan fingerprint density at radius 3 is 3.00 bits per heavy atom. The van der Waals surface area contributed by atoms with Gasteiger partial charge in [0.2, 0.25) is 0 Å². The molecule has 1 aliphatic heterocycles. The molecule has 8 nitrogen and oxygen atoms in total. The summed E-state index contributed by atoms with van der Waals surface area (Å²) in [6.07, 6.45) is 0.821. The highest BCUT2D eigenvalue weighted by Crippen LogP contribution is 2.33. The molecule has 1 saturated heterocycles. The average molecular weight is 502 g/mol. The van der Waals surface area contributed by atoms with E-state index in [0.29, 0.717) is 60.5 Å². The van der Waals surface area contributed by atoms with E-state index in [1.54, 1.807) is 13.3 Å². The molecule has 34 heavy (non-hydrogen) atoms. The highest BCUT2D eigenvalue weighted by molar-refractivity contribution is 7.47. The fourth-order valence-electron chi connectivity index (χ4n) is 4.21. The Labute approximate surface area is 209 Å². The van der Waals surface area contributed by atoms with Gasteiger partial charge in [-0.25, -0.2) is 0 Å². The number of nitrogens with zero attached hydrogens (tertiary/aromatic N) is 3. The number of ether oxygens (including phenoxy) is 2. The molecule has 1 fully saturated rings. The Bertz CT molecular complexity index is 1160. The second kappa shape index (κ2) is 11.4. The van der Waals surface area contributed by atoms with Crippen LogP contribution in [-0.4, -0.2) is 61.0 Å². The van der Waals surface area contributed by atoms with Gasteiger partial charge in [0.25, 0.3) is 0 Å². The predicted molar refractivity (Wildman–Crippen MR) is 136 cm³/mol. The van der Waals surface area contributed by atoms with Crippen molar-refractivity contribution < 1.29 is 14.6 Å². The van der Waals surface area contributed by atoms with Crippen molar-refractivity contribution in [2.75, 3.05) is 45.6 Å². The lowest BCUT2D eigenvalue weighted by molar-refractivity contribution is -0.0394. The van der Waals surface area contributed by atoms with Crippen molar-refractivity contribution in [3.05, 3.63) is 58.7 Å². The van der Waals surface area contributed by atoms with Crippen LogP contribution in [0.3, 0.4) is 0 Å². The summed E-state index contributed by atoms with van der Waals surface area (Å²) in [5.74, 6) is 0.692. The molecule has 0 saturated carbocycles. The monoisotopic (exact) mass is 501 g/mol. The van der Waals surface area contributed by atoms with Crippen molar-refractivity contribution in [1.29, 1.82) is 0 Å². The first-order valence-corrected chi connectivity index (χ1v) is 11.8. The number of aliphatic hydroxyl groups is 1. The molecule has 2 heterocycles. The molecule has 0 spiro atoms. The fraction of sp³-hybridized carbons (Fsp3) is 0.375. The van der Waals surface area contributed by atoms with Crippen LogP contribution in [-0.2, 0) is 23.7 Å². The number of methoxy groups -OCH3 is 1. The lowest BCUT2D eigenvalue weighted by Crippen LogP contribution is -2.47. The van der Waals surface area contributed by atoms with E-state index in [2.05, 4.69) is 19.6 Å². The molecule has 0 bridgehead atoms. The van der Waals surface area contributed by atoms with Crippen LogP contribution in [0.25, 0.3) is 10.9 Å². The van der Waals surface area contributed by atoms with Crippen molar-refractivity contribution in [2.45, 2.75) is 18.8 Å². The van der Waals surface area contributed by atoms with E-state index < -0.39 is 6.10 Å². The number of β-amino-alcohol motifs (C(OH)–C–C–N with tert-alkyl or cyclic N) is 1. The molecule has 180 valence electrons. The Morgan fingerprint density at radius 1 is 1.38 bits per heavy atom. The molecule has 3 aromatic rings.